The molecule has 0 saturated heterocycles. The molecule has 0 atom stereocenters. The van der Waals surface area contributed by atoms with Crippen LogP contribution in [0, 0.1) is 0 Å². The molecule has 0 aliphatic heterocycles. The van der Waals surface area contributed by atoms with Crippen LogP contribution in [-0.4, -0.2) is 0 Å². The van der Waals surface area contributed by atoms with Gasteiger partial charge < -0.3 is 9.32 Å². The van der Waals surface area contributed by atoms with E-state index in [9.17, 15) is 0 Å². The molecule has 0 amide bonds. The van der Waals surface area contributed by atoms with Crippen LogP contribution in [0.15, 0.2) is 192 Å². The highest BCUT2D eigenvalue weighted by molar-refractivity contribution is 6.00. The Morgan fingerprint density at radius 1 is 0.333 bits per heavy atom. The molecule has 2 heteroatoms. The van der Waals surface area contributed by atoms with Gasteiger partial charge in [0.15, 0.2) is 0 Å². The van der Waals surface area contributed by atoms with Crippen LogP contribution in [0.5, 0.6) is 0 Å². The molecule has 0 saturated carbocycles. The first-order chi connectivity index (χ1) is 23.8. The normalized spacial score (nSPS) is 11.3. The number of nitrogens with zero attached hydrogens (tertiary/aromatic N) is 1. The van der Waals surface area contributed by atoms with Gasteiger partial charge in [0.2, 0.25) is 0 Å². The number of anilines is 3. The van der Waals surface area contributed by atoms with Crippen molar-refractivity contribution in [1.29, 1.82) is 0 Å². The third-order valence-electron chi connectivity index (χ3n) is 9.23. The van der Waals surface area contributed by atoms with Crippen molar-refractivity contribution >= 4 is 49.6 Å². The van der Waals surface area contributed by atoms with Crippen LogP contribution in [0.1, 0.15) is 0 Å². The standard InChI is InChI=1S/C46H31NO/c1-2-10-32(11-3-1)33-22-25-41(26-23-33)47(44-18-9-14-34-12-4-6-17-43(34)44)42-27-24-37-28-36(20-21-38(37)30-42)35-15-8-16-39(29-35)46-31-40-13-5-7-19-45(40)48-46/h1-31H. The molecule has 9 rings (SSSR count). The molecule has 1 heterocycles. The quantitative estimate of drug-likeness (QED) is 0.185. The zero-order chi connectivity index (χ0) is 31.9. The van der Waals surface area contributed by atoms with Crippen molar-refractivity contribution in [2.24, 2.45) is 0 Å². The minimum atomic E-state index is 0.883. The summed E-state index contributed by atoms with van der Waals surface area (Å²) in [6.07, 6.45) is 0. The van der Waals surface area contributed by atoms with Crippen LogP contribution < -0.4 is 4.90 Å². The van der Waals surface area contributed by atoms with Gasteiger partial charge in [-0.15, -0.1) is 0 Å². The molecule has 2 nitrogen and oxygen atoms in total. The van der Waals surface area contributed by atoms with Gasteiger partial charge in [-0.25, -0.2) is 0 Å². The van der Waals surface area contributed by atoms with Gasteiger partial charge in [0.1, 0.15) is 11.3 Å². The monoisotopic (exact) mass is 613 g/mol. The van der Waals surface area contributed by atoms with E-state index in [1.54, 1.807) is 0 Å². The predicted molar refractivity (Wildman–Crippen MR) is 202 cm³/mol. The lowest BCUT2D eigenvalue weighted by Gasteiger charge is -2.27. The number of furan rings is 1. The average molecular weight is 614 g/mol. The molecule has 9 aromatic rings. The summed E-state index contributed by atoms with van der Waals surface area (Å²) in [6.45, 7) is 0. The Hall–Kier alpha value is -6.38. The van der Waals surface area contributed by atoms with Crippen molar-refractivity contribution in [3.63, 3.8) is 0 Å². The Kier molecular flexibility index (Phi) is 6.84. The summed E-state index contributed by atoms with van der Waals surface area (Å²) in [5.74, 6) is 0.883. The van der Waals surface area contributed by atoms with Crippen molar-refractivity contribution in [2.45, 2.75) is 0 Å². The zero-order valence-corrected chi connectivity index (χ0v) is 26.3. The first-order valence-corrected chi connectivity index (χ1v) is 16.3. The van der Waals surface area contributed by atoms with Gasteiger partial charge in [-0.05, 0) is 93.0 Å². The summed E-state index contributed by atoms with van der Waals surface area (Å²) in [5, 5.41) is 5.94. The molecular formula is C46H31NO. The lowest BCUT2D eigenvalue weighted by molar-refractivity contribution is 0.631. The highest BCUT2D eigenvalue weighted by atomic mass is 16.3. The van der Waals surface area contributed by atoms with Crippen LogP contribution >= 0.6 is 0 Å². The summed E-state index contributed by atoms with van der Waals surface area (Å²) in [7, 11) is 0. The van der Waals surface area contributed by atoms with E-state index in [2.05, 4.69) is 175 Å². The van der Waals surface area contributed by atoms with Gasteiger partial charge in [0, 0.05) is 27.7 Å². The van der Waals surface area contributed by atoms with Crippen LogP contribution in [0.4, 0.5) is 17.1 Å². The molecule has 0 unspecified atom stereocenters. The minimum Gasteiger partial charge on any atom is -0.456 e. The number of hydrogen-bond acceptors (Lipinski definition) is 2. The fourth-order valence-corrected chi connectivity index (χ4v) is 6.79. The molecule has 0 aliphatic carbocycles. The number of para-hydroxylation sites is 1. The topological polar surface area (TPSA) is 16.4 Å². The van der Waals surface area contributed by atoms with E-state index in [-0.39, 0.29) is 0 Å². The first-order valence-electron chi connectivity index (χ1n) is 16.3. The maximum Gasteiger partial charge on any atom is 0.135 e. The summed E-state index contributed by atoms with van der Waals surface area (Å²) in [6, 6.07) is 67.0. The zero-order valence-electron chi connectivity index (χ0n) is 26.3. The van der Waals surface area contributed by atoms with E-state index < -0.39 is 0 Å². The maximum absolute atomic E-state index is 6.17. The maximum atomic E-state index is 6.17. The molecule has 8 aromatic carbocycles. The summed E-state index contributed by atoms with van der Waals surface area (Å²) < 4.78 is 6.17. The highest BCUT2D eigenvalue weighted by Crippen LogP contribution is 2.41. The first kappa shape index (κ1) is 27.9. The van der Waals surface area contributed by atoms with Crippen LogP contribution in [0.25, 0.3) is 66.1 Å². The van der Waals surface area contributed by atoms with E-state index in [1.165, 1.54) is 38.2 Å². The lowest BCUT2D eigenvalue weighted by Crippen LogP contribution is -2.10. The summed E-state index contributed by atoms with van der Waals surface area (Å²) in [4.78, 5) is 2.38. The van der Waals surface area contributed by atoms with Crippen molar-refractivity contribution in [2.75, 3.05) is 4.90 Å². The fraction of sp³-hybridized carbons (Fsp3) is 0. The van der Waals surface area contributed by atoms with Gasteiger partial charge in [-0.3, -0.25) is 0 Å². The van der Waals surface area contributed by atoms with Gasteiger partial charge in [0.05, 0.1) is 5.69 Å². The van der Waals surface area contributed by atoms with Gasteiger partial charge >= 0.3 is 0 Å². The van der Waals surface area contributed by atoms with Crippen LogP contribution in [0.3, 0.4) is 0 Å². The molecule has 48 heavy (non-hydrogen) atoms. The SMILES string of the molecule is c1ccc(-c2ccc(N(c3ccc4cc(-c5cccc(-c6cc7ccccc7o6)c5)ccc4c3)c3cccc4ccccc34)cc2)cc1. The van der Waals surface area contributed by atoms with Crippen LogP contribution in [0.2, 0.25) is 0 Å². The average Bonchev–Trinajstić information content (AvgIpc) is 3.60. The van der Waals surface area contributed by atoms with Crippen molar-refractivity contribution in [3.05, 3.63) is 188 Å². The number of rotatable bonds is 6. The molecule has 0 aliphatic rings. The van der Waals surface area contributed by atoms with Crippen molar-refractivity contribution in [1.82, 2.24) is 0 Å². The third-order valence-corrected chi connectivity index (χ3v) is 9.23. The summed E-state index contributed by atoms with van der Waals surface area (Å²) in [5.41, 5.74) is 10.1. The van der Waals surface area contributed by atoms with Crippen molar-refractivity contribution in [3.8, 4) is 33.6 Å². The van der Waals surface area contributed by atoms with E-state index in [4.69, 9.17) is 4.42 Å². The summed E-state index contributed by atoms with van der Waals surface area (Å²) >= 11 is 0. The fourth-order valence-electron chi connectivity index (χ4n) is 6.79. The molecule has 0 N–H and O–H groups in total. The molecule has 1 aromatic heterocycles. The Bertz CT molecular complexity index is 2520. The smallest absolute Gasteiger partial charge is 0.135 e. The lowest BCUT2D eigenvalue weighted by atomic mass is 9.98. The number of benzene rings is 8. The highest BCUT2D eigenvalue weighted by Gasteiger charge is 2.16. The molecule has 0 bridgehead atoms. The van der Waals surface area contributed by atoms with E-state index in [0.29, 0.717) is 0 Å². The second-order valence-electron chi connectivity index (χ2n) is 12.2. The second kappa shape index (κ2) is 11.8. The molecule has 0 spiro atoms. The van der Waals surface area contributed by atoms with Gasteiger partial charge in [-0.1, -0.05) is 133 Å². The molecule has 0 fully saturated rings. The predicted octanol–water partition coefficient (Wildman–Crippen LogP) is 13.2. The van der Waals surface area contributed by atoms with E-state index in [0.717, 1.165) is 44.9 Å². The Balaban J connectivity index is 1.11. The van der Waals surface area contributed by atoms with E-state index >= 15 is 0 Å². The number of hydrogen-bond donors (Lipinski definition) is 0. The Morgan fingerprint density at radius 3 is 1.81 bits per heavy atom. The van der Waals surface area contributed by atoms with Crippen LogP contribution in [-0.2, 0) is 0 Å². The van der Waals surface area contributed by atoms with Gasteiger partial charge in [0.25, 0.3) is 0 Å². The minimum absolute atomic E-state index is 0.883. The number of fused-ring (bicyclic) bond motifs is 3. The largest absolute Gasteiger partial charge is 0.456 e. The Labute approximate surface area is 279 Å². The van der Waals surface area contributed by atoms with E-state index in [1.807, 2.05) is 18.2 Å². The Morgan fingerprint density at radius 2 is 0.938 bits per heavy atom. The molecular weight excluding hydrogens is 583 g/mol. The third kappa shape index (κ3) is 5.10. The van der Waals surface area contributed by atoms with Crippen molar-refractivity contribution < 1.29 is 4.42 Å². The molecule has 0 radical (unpaired) electrons. The molecule has 226 valence electrons. The second-order valence-corrected chi connectivity index (χ2v) is 12.2. The van der Waals surface area contributed by atoms with Gasteiger partial charge in [-0.2, -0.15) is 0 Å².